The van der Waals surface area contributed by atoms with Gasteiger partial charge in [-0.2, -0.15) is 0 Å². The number of sulfonamides is 1. The Hall–Kier alpha value is -1.41. The molecule has 0 unspecified atom stereocenters. The number of hydrogen-bond acceptors (Lipinski definition) is 5. The molecule has 0 saturated heterocycles. The van der Waals surface area contributed by atoms with Crippen LogP contribution in [0.2, 0.25) is 0 Å². The number of carbonyl (C=O) groups excluding carboxylic acids is 1. The number of rotatable bonds is 5. The van der Waals surface area contributed by atoms with Crippen molar-refractivity contribution in [3.05, 3.63) is 12.0 Å². The number of aryl methyl sites for hydroxylation is 2. The molecule has 17 heavy (non-hydrogen) atoms. The van der Waals surface area contributed by atoms with Crippen molar-refractivity contribution in [2.24, 2.45) is 7.05 Å². The van der Waals surface area contributed by atoms with E-state index in [-0.39, 0.29) is 18.0 Å². The van der Waals surface area contributed by atoms with E-state index in [0.717, 1.165) is 0 Å². The number of esters is 1. The molecule has 0 saturated carbocycles. The third-order valence-corrected chi connectivity index (χ3v) is 3.54. The van der Waals surface area contributed by atoms with Crippen LogP contribution >= 0.6 is 0 Å². The standard InChI is InChI=1S/C9H15N3O4S/c1-7-11-8(6-12(7)2)17(14,15)10-5-4-9(13)16-3/h6,10H,4-5H2,1-3H3. The Morgan fingerprint density at radius 1 is 1.59 bits per heavy atom. The Morgan fingerprint density at radius 3 is 2.71 bits per heavy atom. The molecule has 0 aromatic carbocycles. The fourth-order valence-electron chi connectivity index (χ4n) is 1.12. The lowest BCUT2D eigenvalue weighted by Crippen LogP contribution is -2.26. The Bertz CT molecular complexity index is 487. The monoisotopic (exact) mass is 261 g/mol. The summed E-state index contributed by atoms with van der Waals surface area (Å²) in [6.07, 6.45) is 1.40. The second-order valence-corrected chi connectivity index (χ2v) is 5.17. The van der Waals surface area contributed by atoms with Gasteiger partial charge in [-0.25, -0.2) is 18.1 Å². The van der Waals surface area contributed by atoms with Crippen molar-refractivity contribution >= 4 is 16.0 Å². The van der Waals surface area contributed by atoms with E-state index in [4.69, 9.17) is 0 Å². The number of aromatic nitrogens is 2. The van der Waals surface area contributed by atoms with E-state index in [9.17, 15) is 13.2 Å². The Morgan fingerprint density at radius 2 is 2.24 bits per heavy atom. The molecule has 1 aromatic rings. The second-order valence-electron chi connectivity index (χ2n) is 3.46. The number of hydrogen-bond donors (Lipinski definition) is 1. The lowest BCUT2D eigenvalue weighted by molar-refractivity contribution is -0.140. The van der Waals surface area contributed by atoms with E-state index in [1.165, 1.54) is 13.3 Å². The van der Waals surface area contributed by atoms with Crippen LogP contribution < -0.4 is 4.72 Å². The average molecular weight is 261 g/mol. The Kier molecular flexibility index (Phi) is 4.24. The van der Waals surface area contributed by atoms with E-state index in [1.807, 2.05) is 0 Å². The van der Waals surface area contributed by atoms with Crippen molar-refractivity contribution in [3.8, 4) is 0 Å². The molecule has 0 bridgehead atoms. The summed E-state index contributed by atoms with van der Waals surface area (Å²) in [4.78, 5) is 14.7. The van der Waals surface area contributed by atoms with Crippen LogP contribution in [0.3, 0.4) is 0 Å². The van der Waals surface area contributed by atoms with Crippen molar-refractivity contribution in [2.75, 3.05) is 13.7 Å². The van der Waals surface area contributed by atoms with Gasteiger partial charge in [0.25, 0.3) is 10.0 Å². The molecule has 0 atom stereocenters. The van der Waals surface area contributed by atoms with E-state index in [2.05, 4.69) is 14.4 Å². The molecule has 0 amide bonds. The number of ether oxygens (including phenoxy) is 1. The first-order valence-corrected chi connectivity index (χ1v) is 6.41. The highest BCUT2D eigenvalue weighted by Gasteiger charge is 2.18. The van der Waals surface area contributed by atoms with Crippen LogP contribution in [-0.4, -0.2) is 37.6 Å². The largest absolute Gasteiger partial charge is 0.469 e. The summed E-state index contributed by atoms with van der Waals surface area (Å²) in [5, 5.41) is -0.0534. The highest BCUT2D eigenvalue weighted by atomic mass is 32.2. The number of nitrogens with one attached hydrogen (secondary N) is 1. The maximum atomic E-state index is 11.7. The summed E-state index contributed by atoms with van der Waals surface area (Å²) in [6, 6.07) is 0. The fraction of sp³-hybridized carbons (Fsp3) is 0.556. The topological polar surface area (TPSA) is 90.3 Å². The maximum Gasteiger partial charge on any atom is 0.306 e. The molecule has 1 rings (SSSR count). The molecule has 0 aliphatic rings. The molecule has 7 nitrogen and oxygen atoms in total. The predicted octanol–water partition coefficient (Wildman–Crippen LogP) is -0.430. The van der Waals surface area contributed by atoms with Crippen molar-refractivity contribution < 1.29 is 17.9 Å². The average Bonchev–Trinajstić information content (AvgIpc) is 2.59. The second kappa shape index (κ2) is 5.28. The number of methoxy groups -OCH3 is 1. The summed E-state index contributed by atoms with van der Waals surface area (Å²) in [6.45, 7) is 1.69. The van der Waals surface area contributed by atoms with Crippen LogP contribution in [-0.2, 0) is 26.6 Å². The molecular formula is C9H15N3O4S. The first-order valence-electron chi connectivity index (χ1n) is 4.93. The normalized spacial score (nSPS) is 11.5. The number of carbonyl (C=O) groups is 1. The quantitative estimate of drug-likeness (QED) is 0.726. The molecule has 96 valence electrons. The maximum absolute atomic E-state index is 11.7. The van der Waals surface area contributed by atoms with Gasteiger partial charge < -0.3 is 9.30 Å². The van der Waals surface area contributed by atoms with Gasteiger partial charge in [-0.15, -0.1) is 0 Å². The minimum absolute atomic E-state index is 0.00930. The van der Waals surface area contributed by atoms with Gasteiger partial charge in [-0.05, 0) is 6.92 Å². The molecule has 0 aliphatic heterocycles. The molecule has 1 aromatic heterocycles. The zero-order valence-corrected chi connectivity index (χ0v) is 10.7. The Balaban J connectivity index is 2.66. The van der Waals surface area contributed by atoms with Crippen LogP contribution in [0.5, 0.6) is 0 Å². The van der Waals surface area contributed by atoms with E-state index < -0.39 is 16.0 Å². The van der Waals surface area contributed by atoms with Crippen molar-refractivity contribution in [1.82, 2.24) is 14.3 Å². The summed E-state index contributed by atoms with van der Waals surface area (Å²) in [5.41, 5.74) is 0. The van der Waals surface area contributed by atoms with Crippen molar-refractivity contribution in [3.63, 3.8) is 0 Å². The smallest absolute Gasteiger partial charge is 0.306 e. The lowest BCUT2D eigenvalue weighted by atomic mass is 10.4. The minimum atomic E-state index is -3.66. The summed E-state index contributed by atoms with van der Waals surface area (Å²) >= 11 is 0. The molecule has 8 heteroatoms. The lowest BCUT2D eigenvalue weighted by Gasteiger charge is -2.02. The first-order chi connectivity index (χ1) is 7.86. The van der Waals surface area contributed by atoms with Crippen molar-refractivity contribution in [1.29, 1.82) is 0 Å². The van der Waals surface area contributed by atoms with Gasteiger partial charge in [0.15, 0.2) is 5.03 Å². The first kappa shape index (κ1) is 13.7. The van der Waals surface area contributed by atoms with E-state index in [0.29, 0.717) is 5.82 Å². The van der Waals surface area contributed by atoms with Crippen LogP contribution in [0.25, 0.3) is 0 Å². The van der Waals surface area contributed by atoms with Crippen LogP contribution in [0.15, 0.2) is 11.2 Å². The molecule has 0 fully saturated rings. The minimum Gasteiger partial charge on any atom is -0.469 e. The van der Waals surface area contributed by atoms with Crippen molar-refractivity contribution in [2.45, 2.75) is 18.4 Å². The molecule has 1 heterocycles. The molecule has 0 radical (unpaired) electrons. The zero-order chi connectivity index (χ0) is 13.1. The molecule has 0 spiro atoms. The van der Waals surface area contributed by atoms with Gasteiger partial charge in [0.1, 0.15) is 5.82 Å². The predicted molar refractivity (Wildman–Crippen MR) is 59.8 cm³/mol. The van der Waals surface area contributed by atoms with Gasteiger partial charge in [-0.1, -0.05) is 0 Å². The third-order valence-electron chi connectivity index (χ3n) is 2.21. The van der Waals surface area contributed by atoms with Crippen LogP contribution in [0.4, 0.5) is 0 Å². The van der Waals surface area contributed by atoms with Crippen LogP contribution in [0.1, 0.15) is 12.2 Å². The summed E-state index contributed by atoms with van der Waals surface area (Å²) in [7, 11) is -0.702. The fourth-order valence-corrected chi connectivity index (χ4v) is 2.19. The van der Waals surface area contributed by atoms with E-state index in [1.54, 1.807) is 18.5 Å². The number of imidazole rings is 1. The summed E-state index contributed by atoms with van der Waals surface area (Å²) < 4.78 is 31.7. The van der Waals surface area contributed by atoms with Gasteiger partial charge in [0, 0.05) is 19.8 Å². The molecule has 0 aliphatic carbocycles. The van der Waals surface area contributed by atoms with Gasteiger partial charge in [0.05, 0.1) is 13.5 Å². The van der Waals surface area contributed by atoms with Gasteiger partial charge in [-0.3, -0.25) is 4.79 Å². The highest BCUT2D eigenvalue weighted by Crippen LogP contribution is 2.07. The summed E-state index contributed by atoms with van der Waals surface area (Å²) in [5.74, 6) is 0.128. The molecular weight excluding hydrogens is 246 g/mol. The van der Waals surface area contributed by atoms with Gasteiger partial charge in [0.2, 0.25) is 0 Å². The number of nitrogens with zero attached hydrogens (tertiary/aromatic N) is 2. The highest BCUT2D eigenvalue weighted by molar-refractivity contribution is 7.89. The van der Waals surface area contributed by atoms with Gasteiger partial charge >= 0.3 is 5.97 Å². The SMILES string of the molecule is COC(=O)CCNS(=O)(=O)c1cn(C)c(C)n1. The van der Waals surface area contributed by atoms with Crippen LogP contribution in [0, 0.1) is 6.92 Å². The Labute approximate surface area is 99.8 Å². The van der Waals surface area contributed by atoms with E-state index >= 15 is 0 Å². The molecule has 1 N–H and O–H groups in total. The third kappa shape index (κ3) is 3.53. The zero-order valence-electron chi connectivity index (χ0n) is 9.93.